The number of hydrogen-bond acceptors (Lipinski definition) is 8. The van der Waals surface area contributed by atoms with Crippen LogP contribution in [-0.2, 0) is 0 Å². The van der Waals surface area contributed by atoms with Gasteiger partial charge in [0.1, 0.15) is 18.2 Å². The van der Waals surface area contributed by atoms with Crippen molar-refractivity contribution in [3.63, 3.8) is 0 Å². The minimum absolute atomic E-state index is 0.00572. The molecule has 3 heterocycles. The Morgan fingerprint density at radius 3 is 2.88 bits per heavy atom. The Kier molecular flexibility index (Phi) is 6.20. The fourth-order valence-electron chi connectivity index (χ4n) is 4.20. The van der Waals surface area contributed by atoms with E-state index in [1.54, 1.807) is 37.0 Å². The van der Waals surface area contributed by atoms with Gasteiger partial charge in [-0.1, -0.05) is 6.07 Å². The Labute approximate surface area is 202 Å². The Hall–Kier alpha value is -3.08. The van der Waals surface area contributed by atoms with Crippen molar-refractivity contribution in [3.05, 3.63) is 47.7 Å². The van der Waals surface area contributed by atoms with Crippen LogP contribution in [0.3, 0.4) is 0 Å². The molecule has 2 atom stereocenters. The molecule has 0 spiro atoms. The summed E-state index contributed by atoms with van der Waals surface area (Å²) in [6.45, 7) is 1.91. The molecule has 0 bridgehead atoms. The monoisotopic (exact) mass is 479 g/mol. The number of carbonyl (C=O) groups is 1. The number of nitrogens with zero attached hydrogens (tertiary/aromatic N) is 4. The quantitative estimate of drug-likeness (QED) is 0.500. The number of rotatable bonds is 6. The second kappa shape index (κ2) is 9.28. The first-order valence-corrected chi connectivity index (χ1v) is 12.1. The normalized spacial score (nSPS) is 19.0. The van der Waals surface area contributed by atoms with Crippen molar-refractivity contribution in [2.75, 3.05) is 53.3 Å². The van der Waals surface area contributed by atoms with E-state index in [1.807, 2.05) is 38.4 Å². The van der Waals surface area contributed by atoms with E-state index in [-0.39, 0.29) is 17.2 Å². The van der Waals surface area contributed by atoms with E-state index in [1.165, 1.54) is 5.56 Å². The SMILES string of the molecule is CN(C)CCOc1cc2[nH]ncc2cc1NC1=NCNC2Sc3cc(C(=O)N(C)C)ccc3C12. The molecule has 0 aliphatic carbocycles. The van der Waals surface area contributed by atoms with Crippen molar-refractivity contribution in [1.82, 2.24) is 25.3 Å². The Morgan fingerprint density at radius 2 is 2.09 bits per heavy atom. The van der Waals surface area contributed by atoms with Gasteiger partial charge in [-0.25, -0.2) is 0 Å². The molecule has 0 radical (unpaired) electrons. The summed E-state index contributed by atoms with van der Waals surface area (Å²) in [5.74, 6) is 1.70. The van der Waals surface area contributed by atoms with E-state index in [4.69, 9.17) is 9.73 Å². The average molecular weight is 480 g/mol. The van der Waals surface area contributed by atoms with E-state index in [2.05, 4.69) is 31.8 Å². The van der Waals surface area contributed by atoms with Gasteiger partial charge in [-0.3, -0.25) is 20.2 Å². The number of nitrogens with one attached hydrogen (secondary N) is 3. The third-order valence-electron chi connectivity index (χ3n) is 5.99. The third kappa shape index (κ3) is 4.36. The van der Waals surface area contributed by atoms with Gasteiger partial charge in [0, 0.05) is 42.6 Å². The predicted molar refractivity (Wildman–Crippen MR) is 136 cm³/mol. The summed E-state index contributed by atoms with van der Waals surface area (Å²) in [5, 5.41) is 15.4. The summed E-state index contributed by atoms with van der Waals surface area (Å²) < 4.78 is 6.14. The lowest BCUT2D eigenvalue weighted by Crippen LogP contribution is -2.41. The topological polar surface area (TPSA) is 97.9 Å². The summed E-state index contributed by atoms with van der Waals surface area (Å²) in [4.78, 5) is 22.0. The Bertz CT molecular complexity index is 1250. The molecule has 3 aromatic rings. The van der Waals surface area contributed by atoms with Gasteiger partial charge in [0.25, 0.3) is 5.91 Å². The molecule has 2 unspecified atom stereocenters. The van der Waals surface area contributed by atoms with Crippen LogP contribution < -0.4 is 15.4 Å². The number of aromatic nitrogens is 2. The summed E-state index contributed by atoms with van der Waals surface area (Å²) >= 11 is 1.75. The number of fused-ring (bicyclic) bond motifs is 4. The predicted octanol–water partition coefficient (Wildman–Crippen LogP) is 2.79. The van der Waals surface area contributed by atoms with Crippen LogP contribution in [0.1, 0.15) is 21.8 Å². The van der Waals surface area contributed by atoms with E-state index in [0.717, 1.165) is 39.6 Å². The zero-order valence-electron chi connectivity index (χ0n) is 19.8. The van der Waals surface area contributed by atoms with Crippen LogP contribution >= 0.6 is 11.8 Å². The van der Waals surface area contributed by atoms with E-state index in [0.29, 0.717) is 18.8 Å². The van der Waals surface area contributed by atoms with E-state index < -0.39 is 0 Å². The highest BCUT2D eigenvalue weighted by atomic mass is 32.2. The lowest BCUT2D eigenvalue weighted by atomic mass is 9.95. The van der Waals surface area contributed by atoms with Crippen molar-refractivity contribution in [2.24, 2.45) is 4.99 Å². The van der Waals surface area contributed by atoms with Crippen LogP contribution in [0.15, 0.2) is 46.4 Å². The van der Waals surface area contributed by atoms with Crippen molar-refractivity contribution in [3.8, 4) is 5.75 Å². The van der Waals surface area contributed by atoms with Gasteiger partial charge < -0.3 is 19.9 Å². The van der Waals surface area contributed by atoms with Crippen molar-refractivity contribution >= 4 is 40.1 Å². The number of H-pyrrole nitrogens is 1. The number of aromatic amines is 1. The van der Waals surface area contributed by atoms with Crippen LogP contribution in [0.5, 0.6) is 5.75 Å². The molecular formula is C24H29N7O2S. The van der Waals surface area contributed by atoms with Crippen LogP contribution in [0.2, 0.25) is 0 Å². The lowest BCUT2D eigenvalue weighted by Gasteiger charge is -2.28. The van der Waals surface area contributed by atoms with E-state index in [9.17, 15) is 4.79 Å². The summed E-state index contributed by atoms with van der Waals surface area (Å²) in [6, 6.07) is 9.99. The molecule has 0 saturated carbocycles. The zero-order chi connectivity index (χ0) is 23.8. The molecule has 34 heavy (non-hydrogen) atoms. The first-order chi connectivity index (χ1) is 16.4. The van der Waals surface area contributed by atoms with Crippen molar-refractivity contribution < 1.29 is 9.53 Å². The highest BCUT2D eigenvalue weighted by Crippen LogP contribution is 2.47. The molecule has 10 heteroatoms. The molecule has 2 aliphatic rings. The van der Waals surface area contributed by atoms with Crippen LogP contribution in [0.4, 0.5) is 5.69 Å². The molecule has 9 nitrogen and oxygen atoms in total. The number of likely N-dealkylation sites (N-methyl/N-ethyl adjacent to an activating group) is 1. The van der Waals surface area contributed by atoms with Crippen LogP contribution in [-0.4, -0.2) is 85.1 Å². The maximum absolute atomic E-state index is 12.5. The van der Waals surface area contributed by atoms with Gasteiger partial charge in [-0.05, 0) is 37.9 Å². The maximum atomic E-state index is 12.5. The van der Waals surface area contributed by atoms with E-state index >= 15 is 0 Å². The van der Waals surface area contributed by atoms with Gasteiger partial charge in [0.15, 0.2) is 0 Å². The van der Waals surface area contributed by atoms with Gasteiger partial charge >= 0.3 is 0 Å². The number of amidine groups is 1. The molecule has 0 saturated heterocycles. The number of carbonyl (C=O) groups excluding carboxylic acids is 1. The maximum Gasteiger partial charge on any atom is 0.253 e. The first kappa shape index (κ1) is 22.7. The molecule has 2 aromatic carbocycles. The standard InChI is InChI=1S/C24H29N7O2S/c1-30(2)7-8-33-19-11-17-15(12-27-29-17)9-18(19)28-22-21-16-6-5-14(24(32)31(3)4)10-20(16)34-23(21)26-13-25-22/h5-6,9-12,21,23,26H,7-8,13H2,1-4H3,(H,25,28)(H,27,29). The molecule has 1 aromatic heterocycles. The van der Waals surface area contributed by atoms with Gasteiger partial charge in [-0.2, -0.15) is 5.10 Å². The highest BCUT2D eigenvalue weighted by molar-refractivity contribution is 8.00. The summed E-state index contributed by atoms with van der Waals surface area (Å²) in [6.07, 6.45) is 1.81. The molecule has 0 fully saturated rings. The molecular weight excluding hydrogens is 450 g/mol. The van der Waals surface area contributed by atoms with Crippen molar-refractivity contribution in [2.45, 2.75) is 16.2 Å². The summed E-state index contributed by atoms with van der Waals surface area (Å²) in [5.41, 5.74) is 3.66. The largest absolute Gasteiger partial charge is 0.490 e. The zero-order valence-corrected chi connectivity index (χ0v) is 20.6. The van der Waals surface area contributed by atoms with Gasteiger partial charge in [-0.15, -0.1) is 11.8 Å². The highest BCUT2D eigenvalue weighted by Gasteiger charge is 2.39. The first-order valence-electron chi connectivity index (χ1n) is 11.2. The Morgan fingerprint density at radius 1 is 1.24 bits per heavy atom. The second-order valence-electron chi connectivity index (χ2n) is 8.96. The number of thioether (sulfide) groups is 1. The van der Waals surface area contributed by atoms with Crippen molar-refractivity contribution in [1.29, 1.82) is 0 Å². The Balaban J connectivity index is 1.44. The fraction of sp³-hybridized carbons (Fsp3) is 0.375. The number of amides is 1. The third-order valence-corrected chi connectivity index (χ3v) is 7.29. The number of aliphatic imine (C=N–C) groups is 1. The van der Waals surface area contributed by atoms with Gasteiger partial charge in [0.05, 0.1) is 35.4 Å². The molecule has 178 valence electrons. The molecule has 5 rings (SSSR count). The smallest absolute Gasteiger partial charge is 0.253 e. The number of anilines is 1. The minimum atomic E-state index is 0.00572. The minimum Gasteiger partial charge on any atom is -0.490 e. The molecule has 2 aliphatic heterocycles. The average Bonchev–Trinajstić information content (AvgIpc) is 3.41. The fourth-order valence-corrected chi connectivity index (χ4v) is 5.57. The van der Waals surface area contributed by atoms with Crippen LogP contribution in [0.25, 0.3) is 10.9 Å². The number of hydrogen-bond donors (Lipinski definition) is 3. The van der Waals surface area contributed by atoms with Crippen LogP contribution in [0, 0.1) is 0 Å². The molecule has 1 amide bonds. The summed E-state index contributed by atoms with van der Waals surface area (Å²) in [7, 11) is 7.59. The second-order valence-corrected chi connectivity index (χ2v) is 10.1. The number of ether oxygens (including phenoxy) is 1. The molecule has 3 N–H and O–H groups in total. The number of benzene rings is 2. The lowest BCUT2D eigenvalue weighted by molar-refractivity contribution is 0.0827. The van der Waals surface area contributed by atoms with Gasteiger partial charge in [0.2, 0.25) is 0 Å².